The average molecular weight is 372 g/mol. The maximum Gasteiger partial charge on any atom is 0.303 e. The second-order valence-electron chi connectivity index (χ2n) is 2.84. The van der Waals surface area contributed by atoms with Gasteiger partial charge in [-0.1, -0.05) is 13.8 Å². The van der Waals surface area contributed by atoms with Gasteiger partial charge in [-0.2, -0.15) is 0 Å². The number of hydrogen-bond donors (Lipinski definition) is 1. The molecule has 1 rings (SSSR count). The van der Waals surface area contributed by atoms with E-state index in [4.69, 9.17) is 9.29 Å². The zero-order valence-electron chi connectivity index (χ0n) is 9.57. The Morgan fingerprint density at radius 2 is 2.12 bits per heavy atom. The molecule has 0 aromatic heterocycles. The van der Waals surface area contributed by atoms with E-state index in [1.54, 1.807) is 6.07 Å². The van der Waals surface area contributed by atoms with Gasteiger partial charge in [0.15, 0.2) is 0 Å². The van der Waals surface area contributed by atoms with Crippen LogP contribution in [0.5, 0.6) is 5.75 Å². The first-order valence-corrected chi connectivity index (χ1v) is 8.37. The van der Waals surface area contributed by atoms with E-state index in [-0.39, 0.29) is 6.42 Å². The summed E-state index contributed by atoms with van der Waals surface area (Å²) in [6.07, 6.45) is 0.287. The molecule has 0 spiro atoms. The SMILES string of the molecule is CC.O=C(O)CCc1cc(F)cc(OSI)c1. The lowest BCUT2D eigenvalue weighted by Crippen LogP contribution is -1.98. The maximum absolute atomic E-state index is 13.0. The number of halogens is 2. The van der Waals surface area contributed by atoms with Crippen LogP contribution in [0.2, 0.25) is 0 Å². The normalized spacial score (nSPS) is 9.18. The van der Waals surface area contributed by atoms with E-state index in [0.717, 1.165) is 9.21 Å². The van der Waals surface area contributed by atoms with Crippen molar-refractivity contribution in [2.45, 2.75) is 26.7 Å². The number of aliphatic carboxylic acids is 1. The monoisotopic (exact) mass is 372 g/mol. The molecule has 0 atom stereocenters. The molecule has 1 N–H and O–H groups in total. The lowest BCUT2D eigenvalue weighted by Gasteiger charge is -2.03. The van der Waals surface area contributed by atoms with Crippen LogP contribution in [0.4, 0.5) is 4.39 Å². The third-order valence-electron chi connectivity index (χ3n) is 1.69. The first-order valence-electron chi connectivity index (χ1n) is 5.08. The summed E-state index contributed by atoms with van der Waals surface area (Å²) in [6.45, 7) is 4.00. The highest BCUT2D eigenvalue weighted by atomic mass is 127. The zero-order chi connectivity index (χ0) is 13.3. The smallest absolute Gasteiger partial charge is 0.303 e. The van der Waals surface area contributed by atoms with Crippen LogP contribution >= 0.6 is 30.4 Å². The molecule has 0 unspecified atom stereocenters. The minimum absolute atomic E-state index is 0.0136. The highest BCUT2D eigenvalue weighted by molar-refractivity contribution is 14.2. The molecule has 0 amide bonds. The number of benzene rings is 1. The van der Waals surface area contributed by atoms with Crippen LogP contribution in [0.15, 0.2) is 18.2 Å². The fourth-order valence-corrected chi connectivity index (χ4v) is 1.89. The number of aryl methyl sites for hydroxylation is 1. The molecule has 0 aliphatic rings. The van der Waals surface area contributed by atoms with Crippen LogP contribution < -0.4 is 4.18 Å². The van der Waals surface area contributed by atoms with E-state index in [9.17, 15) is 9.18 Å². The van der Waals surface area contributed by atoms with Gasteiger partial charge in [0.1, 0.15) is 20.8 Å². The summed E-state index contributed by atoms with van der Waals surface area (Å²) >= 11 is 1.92. The van der Waals surface area contributed by atoms with Gasteiger partial charge in [0.05, 0.1) is 0 Å². The Kier molecular flexibility index (Phi) is 9.24. The Morgan fingerprint density at radius 3 is 2.65 bits per heavy atom. The summed E-state index contributed by atoms with van der Waals surface area (Å²) in [5.41, 5.74) is 0.623. The van der Waals surface area contributed by atoms with Crippen molar-refractivity contribution in [1.82, 2.24) is 0 Å². The van der Waals surface area contributed by atoms with Gasteiger partial charge in [0.25, 0.3) is 0 Å². The van der Waals surface area contributed by atoms with Crippen molar-refractivity contribution in [2.24, 2.45) is 0 Å². The molecule has 0 saturated heterocycles. The average Bonchev–Trinajstić information content (AvgIpc) is 2.29. The van der Waals surface area contributed by atoms with Crippen molar-refractivity contribution in [1.29, 1.82) is 0 Å². The molecular weight excluding hydrogens is 358 g/mol. The molecule has 1 aromatic carbocycles. The lowest BCUT2D eigenvalue weighted by atomic mass is 10.1. The molecule has 0 aliphatic heterocycles. The summed E-state index contributed by atoms with van der Waals surface area (Å²) < 4.78 is 18.1. The van der Waals surface area contributed by atoms with Crippen molar-refractivity contribution in [3.8, 4) is 5.75 Å². The van der Waals surface area contributed by atoms with E-state index in [0.29, 0.717) is 17.7 Å². The molecule has 0 saturated carbocycles. The third-order valence-corrected chi connectivity index (χ3v) is 2.48. The largest absolute Gasteiger partial charge is 0.481 e. The maximum atomic E-state index is 13.0. The highest BCUT2D eigenvalue weighted by Gasteiger charge is 2.04. The van der Waals surface area contributed by atoms with Gasteiger partial charge in [-0.15, -0.1) is 0 Å². The van der Waals surface area contributed by atoms with Crippen molar-refractivity contribution in [3.63, 3.8) is 0 Å². The molecule has 0 bridgehead atoms. The van der Waals surface area contributed by atoms with Crippen LogP contribution in [-0.2, 0) is 11.2 Å². The van der Waals surface area contributed by atoms with Gasteiger partial charge in [-0.3, -0.25) is 4.79 Å². The second kappa shape index (κ2) is 9.52. The van der Waals surface area contributed by atoms with Gasteiger partial charge in [-0.25, -0.2) is 4.39 Å². The van der Waals surface area contributed by atoms with Gasteiger partial charge in [-0.05, 0) is 24.1 Å². The van der Waals surface area contributed by atoms with E-state index >= 15 is 0 Å². The Labute approximate surface area is 117 Å². The number of carboxylic acids is 1. The summed E-state index contributed by atoms with van der Waals surface area (Å²) in [7, 11) is 1.08. The van der Waals surface area contributed by atoms with E-state index in [1.165, 1.54) is 12.1 Å². The Morgan fingerprint density at radius 1 is 1.47 bits per heavy atom. The second-order valence-corrected chi connectivity index (χ2v) is 4.21. The van der Waals surface area contributed by atoms with Crippen LogP contribution in [0.1, 0.15) is 25.8 Å². The van der Waals surface area contributed by atoms with Gasteiger partial charge < -0.3 is 9.29 Å². The summed E-state index contributed by atoms with van der Waals surface area (Å²) in [6, 6.07) is 4.21. The molecule has 17 heavy (non-hydrogen) atoms. The predicted octanol–water partition coefficient (Wildman–Crippen LogP) is 4.25. The van der Waals surface area contributed by atoms with Crippen LogP contribution in [0.3, 0.4) is 0 Å². The van der Waals surface area contributed by atoms with Crippen molar-refractivity contribution >= 4 is 36.4 Å². The minimum Gasteiger partial charge on any atom is -0.481 e. The van der Waals surface area contributed by atoms with Crippen LogP contribution in [-0.4, -0.2) is 11.1 Å². The summed E-state index contributed by atoms with van der Waals surface area (Å²) in [4.78, 5) is 10.3. The highest BCUT2D eigenvalue weighted by Crippen LogP contribution is 2.23. The molecule has 96 valence electrons. The van der Waals surface area contributed by atoms with E-state index < -0.39 is 11.8 Å². The fraction of sp³-hybridized carbons (Fsp3) is 0.364. The predicted molar refractivity (Wildman–Crippen MR) is 75.9 cm³/mol. The molecule has 0 radical (unpaired) electrons. The number of rotatable bonds is 5. The topological polar surface area (TPSA) is 46.5 Å². The first kappa shape index (κ1) is 16.5. The fourth-order valence-electron chi connectivity index (χ4n) is 1.10. The number of hydrogen-bond acceptors (Lipinski definition) is 3. The molecular formula is C11H14FIO3S. The Hall–Kier alpha value is -0.500. The van der Waals surface area contributed by atoms with Crippen LogP contribution in [0.25, 0.3) is 0 Å². The molecule has 1 aromatic rings. The van der Waals surface area contributed by atoms with Gasteiger partial charge in [0.2, 0.25) is 0 Å². The Bertz CT molecular complexity index is 361. The first-order chi connectivity index (χ1) is 8.11. The number of carboxylic acid groups (broad SMARTS) is 1. The van der Waals surface area contributed by atoms with E-state index in [1.807, 2.05) is 35.1 Å². The quantitative estimate of drug-likeness (QED) is 0.620. The standard InChI is InChI=1S/C9H8FIO3S.C2H6/c10-7-3-6(1-2-9(12)13)4-8(5-7)14-15-11;1-2/h3-5H,1-2H2,(H,12,13);1-2H3. The third kappa shape index (κ3) is 7.43. The molecule has 0 fully saturated rings. The van der Waals surface area contributed by atoms with Crippen molar-refractivity contribution in [3.05, 3.63) is 29.6 Å². The summed E-state index contributed by atoms with van der Waals surface area (Å²) in [5.74, 6) is -0.918. The minimum atomic E-state index is -0.898. The zero-order valence-corrected chi connectivity index (χ0v) is 12.5. The lowest BCUT2D eigenvalue weighted by molar-refractivity contribution is -0.136. The van der Waals surface area contributed by atoms with E-state index in [2.05, 4.69) is 0 Å². The van der Waals surface area contributed by atoms with Crippen LogP contribution in [0, 0.1) is 5.82 Å². The van der Waals surface area contributed by atoms with Gasteiger partial charge >= 0.3 is 5.97 Å². The van der Waals surface area contributed by atoms with Crippen molar-refractivity contribution < 1.29 is 18.5 Å². The van der Waals surface area contributed by atoms with Gasteiger partial charge in [0, 0.05) is 33.7 Å². The molecule has 0 aliphatic carbocycles. The Balaban J connectivity index is 0.00000121. The summed E-state index contributed by atoms with van der Waals surface area (Å²) in [5, 5.41) is 8.49. The number of carbonyl (C=O) groups is 1. The molecule has 6 heteroatoms. The van der Waals surface area contributed by atoms with Crippen molar-refractivity contribution in [2.75, 3.05) is 0 Å². The molecule has 3 nitrogen and oxygen atoms in total. The molecule has 0 heterocycles.